The van der Waals surface area contributed by atoms with Gasteiger partial charge in [0.15, 0.2) is 5.54 Å². The molecule has 2 atom stereocenters. The zero-order valence-corrected chi connectivity index (χ0v) is 10.8. The topological polar surface area (TPSA) is 99.1 Å². The summed E-state index contributed by atoms with van der Waals surface area (Å²) in [6, 6.07) is -0.645. The molecule has 2 rings (SSSR count). The molecule has 7 nitrogen and oxygen atoms in total. The predicted octanol–water partition coefficient (Wildman–Crippen LogP) is -0.214. The van der Waals surface area contributed by atoms with Crippen LogP contribution in [0.1, 0.15) is 25.7 Å². The minimum atomic E-state index is -1.32. The lowest BCUT2D eigenvalue weighted by Crippen LogP contribution is -2.60. The van der Waals surface area contributed by atoms with Crippen LogP contribution in [0.5, 0.6) is 0 Å². The number of rotatable bonds is 3. The standard InChI is InChI=1S/C12H20N2O5/c15-7-9-3-1-2-5-14(9)11(18)13-12(10(16)17)4-6-19-8-12/h9,15H,1-8H2,(H,13,18)(H,16,17). The zero-order chi connectivity index (χ0) is 13.9. The van der Waals surface area contributed by atoms with E-state index in [1.54, 1.807) is 0 Å². The van der Waals surface area contributed by atoms with Crippen molar-refractivity contribution in [3.8, 4) is 0 Å². The Balaban J connectivity index is 2.04. The maximum absolute atomic E-state index is 12.2. The SMILES string of the molecule is O=C(NC1(C(=O)O)CCOC1)N1CCCCC1CO. The number of likely N-dealkylation sites (tertiary alicyclic amines) is 1. The average Bonchev–Trinajstić information content (AvgIpc) is 2.88. The summed E-state index contributed by atoms with van der Waals surface area (Å²) in [5.74, 6) is -1.07. The number of hydrogen-bond acceptors (Lipinski definition) is 4. The Morgan fingerprint density at radius 3 is 2.79 bits per heavy atom. The van der Waals surface area contributed by atoms with E-state index in [0.717, 1.165) is 19.3 Å². The van der Waals surface area contributed by atoms with E-state index in [1.807, 2.05) is 0 Å². The molecule has 2 unspecified atom stereocenters. The van der Waals surface area contributed by atoms with Gasteiger partial charge in [0.1, 0.15) is 0 Å². The van der Waals surface area contributed by atoms with E-state index in [9.17, 15) is 19.8 Å². The second-order valence-corrected chi connectivity index (χ2v) is 5.15. The second-order valence-electron chi connectivity index (χ2n) is 5.15. The molecular formula is C12H20N2O5. The number of carbonyl (C=O) groups is 2. The van der Waals surface area contributed by atoms with Gasteiger partial charge in [0.05, 0.1) is 19.3 Å². The smallest absolute Gasteiger partial charge is 0.332 e. The van der Waals surface area contributed by atoms with Crippen LogP contribution >= 0.6 is 0 Å². The fourth-order valence-corrected chi connectivity index (χ4v) is 2.62. The number of nitrogens with zero attached hydrogens (tertiary/aromatic N) is 1. The van der Waals surface area contributed by atoms with Crippen LogP contribution in [0, 0.1) is 0 Å². The number of aliphatic hydroxyl groups is 1. The summed E-state index contributed by atoms with van der Waals surface area (Å²) in [7, 11) is 0. The molecule has 0 bridgehead atoms. The van der Waals surface area contributed by atoms with Crippen molar-refractivity contribution < 1.29 is 24.5 Å². The molecule has 3 N–H and O–H groups in total. The van der Waals surface area contributed by atoms with Crippen molar-refractivity contribution in [2.24, 2.45) is 0 Å². The van der Waals surface area contributed by atoms with Gasteiger partial charge in [-0.25, -0.2) is 9.59 Å². The molecule has 0 spiro atoms. The van der Waals surface area contributed by atoms with Gasteiger partial charge in [-0.3, -0.25) is 0 Å². The molecule has 2 aliphatic heterocycles. The number of aliphatic carboxylic acids is 1. The van der Waals surface area contributed by atoms with Gasteiger partial charge in [-0.1, -0.05) is 0 Å². The number of nitrogens with one attached hydrogen (secondary N) is 1. The van der Waals surface area contributed by atoms with Gasteiger partial charge in [-0.2, -0.15) is 0 Å². The molecule has 0 radical (unpaired) electrons. The van der Waals surface area contributed by atoms with Gasteiger partial charge in [0.25, 0.3) is 0 Å². The highest BCUT2D eigenvalue weighted by molar-refractivity contribution is 5.87. The Morgan fingerprint density at radius 1 is 1.42 bits per heavy atom. The molecule has 2 amide bonds. The summed E-state index contributed by atoms with van der Waals surface area (Å²) in [5.41, 5.74) is -1.32. The maximum Gasteiger partial charge on any atom is 0.332 e. The fraction of sp³-hybridized carbons (Fsp3) is 0.833. The Kier molecular flexibility index (Phi) is 4.26. The molecular weight excluding hydrogens is 252 g/mol. The van der Waals surface area contributed by atoms with Gasteiger partial charge in [0.2, 0.25) is 0 Å². The molecule has 0 saturated carbocycles. The van der Waals surface area contributed by atoms with E-state index in [0.29, 0.717) is 13.2 Å². The molecule has 2 heterocycles. The first kappa shape index (κ1) is 14.1. The van der Waals surface area contributed by atoms with Crippen LogP contribution in [0.3, 0.4) is 0 Å². The number of aliphatic hydroxyl groups excluding tert-OH is 1. The van der Waals surface area contributed by atoms with E-state index < -0.39 is 17.5 Å². The highest BCUT2D eigenvalue weighted by atomic mass is 16.5. The van der Waals surface area contributed by atoms with Crippen LogP contribution in [0.2, 0.25) is 0 Å². The number of amides is 2. The maximum atomic E-state index is 12.2. The van der Waals surface area contributed by atoms with Crippen LogP contribution in [-0.4, -0.2) is 65.1 Å². The van der Waals surface area contributed by atoms with Crippen LogP contribution < -0.4 is 5.32 Å². The highest BCUT2D eigenvalue weighted by Crippen LogP contribution is 2.22. The van der Waals surface area contributed by atoms with E-state index >= 15 is 0 Å². The van der Waals surface area contributed by atoms with Crippen LogP contribution in [0.15, 0.2) is 0 Å². The number of hydrogen-bond donors (Lipinski definition) is 3. The van der Waals surface area contributed by atoms with Crippen LogP contribution in [0.25, 0.3) is 0 Å². The van der Waals surface area contributed by atoms with E-state index in [4.69, 9.17) is 4.74 Å². The fourth-order valence-electron chi connectivity index (χ4n) is 2.62. The summed E-state index contributed by atoms with van der Waals surface area (Å²) >= 11 is 0. The van der Waals surface area contributed by atoms with Crippen LogP contribution in [0.4, 0.5) is 4.79 Å². The van der Waals surface area contributed by atoms with Crippen LogP contribution in [-0.2, 0) is 9.53 Å². The Labute approximate surface area is 111 Å². The molecule has 0 aromatic rings. The lowest BCUT2D eigenvalue weighted by atomic mass is 9.98. The number of carbonyl (C=O) groups excluding carboxylic acids is 1. The first-order valence-corrected chi connectivity index (χ1v) is 6.60. The van der Waals surface area contributed by atoms with Crippen molar-refractivity contribution in [3.63, 3.8) is 0 Å². The summed E-state index contributed by atoms with van der Waals surface area (Å²) in [5, 5.41) is 21.1. The lowest BCUT2D eigenvalue weighted by molar-refractivity contribution is -0.144. The zero-order valence-electron chi connectivity index (χ0n) is 10.8. The number of piperidine rings is 1. The number of urea groups is 1. The number of ether oxygens (including phenoxy) is 1. The van der Waals surface area contributed by atoms with Crippen molar-refractivity contribution >= 4 is 12.0 Å². The third-order valence-corrected chi connectivity index (χ3v) is 3.88. The normalized spacial score (nSPS) is 31.2. The quantitative estimate of drug-likeness (QED) is 0.660. The van der Waals surface area contributed by atoms with Crippen molar-refractivity contribution in [1.29, 1.82) is 0 Å². The minimum Gasteiger partial charge on any atom is -0.479 e. The Bertz CT molecular complexity index is 354. The molecule has 0 aliphatic carbocycles. The summed E-state index contributed by atoms with van der Waals surface area (Å²) < 4.78 is 5.10. The van der Waals surface area contributed by atoms with Crippen molar-refractivity contribution in [3.05, 3.63) is 0 Å². The molecule has 2 saturated heterocycles. The highest BCUT2D eigenvalue weighted by Gasteiger charge is 2.45. The van der Waals surface area contributed by atoms with E-state index in [-0.39, 0.29) is 25.7 Å². The van der Waals surface area contributed by atoms with Gasteiger partial charge in [-0.15, -0.1) is 0 Å². The molecule has 108 valence electrons. The van der Waals surface area contributed by atoms with Gasteiger partial charge < -0.3 is 25.2 Å². The average molecular weight is 272 g/mol. The van der Waals surface area contributed by atoms with Crippen molar-refractivity contribution in [2.75, 3.05) is 26.4 Å². The summed E-state index contributed by atoms with van der Waals surface area (Å²) in [4.78, 5) is 25.1. The monoisotopic (exact) mass is 272 g/mol. The first-order chi connectivity index (χ1) is 9.09. The molecule has 2 fully saturated rings. The summed E-state index contributed by atoms with van der Waals surface area (Å²) in [6.07, 6.45) is 2.87. The van der Waals surface area contributed by atoms with Crippen molar-refractivity contribution in [2.45, 2.75) is 37.3 Å². The Morgan fingerprint density at radius 2 is 2.21 bits per heavy atom. The molecule has 7 heteroatoms. The Hall–Kier alpha value is -1.34. The van der Waals surface area contributed by atoms with E-state index in [1.165, 1.54) is 4.90 Å². The molecule has 2 aliphatic rings. The third kappa shape index (κ3) is 2.82. The third-order valence-electron chi connectivity index (χ3n) is 3.88. The summed E-state index contributed by atoms with van der Waals surface area (Å²) in [6.45, 7) is 0.777. The molecule has 19 heavy (non-hydrogen) atoms. The largest absolute Gasteiger partial charge is 0.479 e. The van der Waals surface area contributed by atoms with Gasteiger partial charge in [0, 0.05) is 19.6 Å². The minimum absolute atomic E-state index is 0.00823. The second kappa shape index (κ2) is 5.75. The number of carboxylic acid groups (broad SMARTS) is 1. The lowest BCUT2D eigenvalue weighted by Gasteiger charge is -2.36. The molecule has 0 aromatic heterocycles. The number of carboxylic acids is 1. The predicted molar refractivity (Wildman–Crippen MR) is 65.8 cm³/mol. The first-order valence-electron chi connectivity index (χ1n) is 6.60. The van der Waals surface area contributed by atoms with E-state index in [2.05, 4.69) is 5.32 Å². The van der Waals surface area contributed by atoms with Gasteiger partial charge >= 0.3 is 12.0 Å². The molecule has 0 aromatic carbocycles. The van der Waals surface area contributed by atoms with Crippen molar-refractivity contribution in [1.82, 2.24) is 10.2 Å². The van der Waals surface area contributed by atoms with Gasteiger partial charge in [-0.05, 0) is 19.3 Å².